The lowest BCUT2D eigenvalue weighted by atomic mass is 9.95. The van der Waals surface area contributed by atoms with Gasteiger partial charge in [0.05, 0.1) is 12.1 Å². The molecule has 0 spiro atoms. The van der Waals surface area contributed by atoms with E-state index in [9.17, 15) is 9.59 Å². The minimum atomic E-state index is -0.451. The highest BCUT2D eigenvalue weighted by molar-refractivity contribution is 7.17. The first-order chi connectivity index (χ1) is 12.8. The number of amides is 2. The number of thiophene rings is 1. The fraction of sp³-hybridized carbons (Fsp3) is 0.429. The lowest BCUT2D eigenvalue weighted by Gasteiger charge is -2.18. The number of carbonyl (C=O) groups excluding carboxylic acids is 2. The average Bonchev–Trinajstić information content (AvgIpc) is 2.95. The Bertz CT molecular complexity index is 873. The molecule has 0 saturated heterocycles. The molecule has 5 nitrogen and oxygen atoms in total. The topological polar surface area (TPSA) is 75.4 Å². The second kappa shape index (κ2) is 8.23. The molecular weight excluding hydrogens is 358 g/mol. The van der Waals surface area contributed by atoms with Crippen molar-refractivity contribution in [2.24, 2.45) is 5.73 Å². The van der Waals surface area contributed by atoms with Gasteiger partial charge in [-0.05, 0) is 63.3 Å². The lowest BCUT2D eigenvalue weighted by Crippen LogP contribution is -2.30. The number of nitrogens with one attached hydrogen (secondary N) is 1. The summed E-state index contributed by atoms with van der Waals surface area (Å²) in [7, 11) is 1.92. The number of fused-ring (bicyclic) bond motifs is 1. The van der Waals surface area contributed by atoms with Gasteiger partial charge in [-0.3, -0.25) is 14.5 Å². The molecule has 0 saturated carbocycles. The van der Waals surface area contributed by atoms with Crippen LogP contribution in [0.1, 0.15) is 50.3 Å². The summed E-state index contributed by atoms with van der Waals surface area (Å²) < 4.78 is 0. The van der Waals surface area contributed by atoms with Crippen LogP contribution in [0.4, 0.5) is 5.00 Å². The fourth-order valence-corrected chi connectivity index (χ4v) is 5.01. The Hall–Kier alpha value is -2.18. The highest BCUT2D eigenvalue weighted by Gasteiger charge is 2.25. The van der Waals surface area contributed by atoms with Gasteiger partial charge in [0.1, 0.15) is 5.00 Å². The molecule has 27 heavy (non-hydrogen) atoms. The normalized spacial score (nSPS) is 13.5. The van der Waals surface area contributed by atoms with Gasteiger partial charge in [-0.25, -0.2) is 0 Å². The van der Waals surface area contributed by atoms with Crippen LogP contribution >= 0.6 is 11.3 Å². The minimum Gasteiger partial charge on any atom is -0.365 e. The predicted molar refractivity (Wildman–Crippen MR) is 110 cm³/mol. The van der Waals surface area contributed by atoms with Crippen molar-refractivity contribution in [3.05, 3.63) is 50.9 Å². The maximum absolute atomic E-state index is 12.5. The molecule has 2 amide bonds. The van der Waals surface area contributed by atoms with Gasteiger partial charge in [0, 0.05) is 11.4 Å². The summed E-state index contributed by atoms with van der Waals surface area (Å²) in [6, 6.07) is 6.35. The van der Waals surface area contributed by atoms with E-state index in [-0.39, 0.29) is 12.5 Å². The SMILES string of the molecule is Cc1ccc(CN(C)CC(=O)Nc2sc3c(c2C(N)=O)CCCC3)c(C)c1. The number of rotatable bonds is 6. The summed E-state index contributed by atoms with van der Waals surface area (Å²) in [5, 5.41) is 3.54. The Morgan fingerprint density at radius 3 is 2.67 bits per heavy atom. The third kappa shape index (κ3) is 4.57. The van der Waals surface area contributed by atoms with Crippen LogP contribution in [0.2, 0.25) is 0 Å². The molecule has 144 valence electrons. The summed E-state index contributed by atoms with van der Waals surface area (Å²) in [5.41, 5.74) is 10.8. The van der Waals surface area contributed by atoms with E-state index in [0.717, 1.165) is 31.2 Å². The van der Waals surface area contributed by atoms with Crippen LogP contribution in [0.5, 0.6) is 0 Å². The van der Waals surface area contributed by atoms with Gasteiger partial charge in [-0.1, -0.05) is 23.8 Å². The first-order valence-electron chi connectivity index (χ1n) is 9.34. The number of aryl methyl sites for hydroxylation is 3. The summed E-state index contributed by atoms with van der Waals surface area (Å²) in [6.45, 7) is 5.12. The zero-order valence-corrected chi connectivity index (χ0v) is 17.0. The van der Waals surface area contributed by atoms with Gasteiger partial charge in [0.2, 0.25) is 5.91 Å². The number of carbonyl (C=O) groups is 2. The molecule has 1 heterocycles. The Kier molecular flexibility index (Phi) is 5.97. The van der Waals surface area contributed by atoms with E-state index in [2.05, 4.69) is 37.4 Å². The number of nitrogens with two attached hydrogens (primary N) is 1. The van der Waals surface area contributed by atoms with E-state index in [4.69, 9.17) is 5.73 Å². The molecule has 1 aliphatic carbocycles. The summed E-state index contributed by atoms with van der Waals surface area (Å²) >= 11 is 1.50. The molecule has 1 aliphatic rings. The van der Waals surface area contributed by atoms with E-state index in [1.165, 1.54) is 32.9 Å². The largest absolute Gasteiger partial charge is 0.365 e. The van der Waals surface area contributed by atoms with Crippen molar-refractivity contribution >= 4 is 28.2 Å². The van der Waals surface area contributed by atoms with E-state index in [1.807, 2.05) is 11.9 Å². The van der Waals surface area contributed by atoms with Crippen LogP contribution in [-0.4, -0.2) is 30.3 Å². The third-order valence-electron chi connectivity index (χ3n) is 5.02. The third-order valence-corrected chi connectivity index (χ3v) is 6.23. The Balaban J connectivity index is 1.67. The number of hydrogen-bond donors (Lipinski definition) is 2. The Morgan fingerprint density at radius 2 is 1.96 bits per heavy atom. The lowest BCUT2D eigenvalue weighted by molar-refractivity contribution is -0.117. The van der Waals surface area contributed by atoms with Crippen LogP contribution in [0.25, 0.3) is 0 Å². The van der Waals surface area contributed by atoms with Crippen LogP contribution in [-0.2, 0) is 24.2 Å². The predicted octanol–water partition coefficient (Wildman–Crippen LogP) is 3.41. The van der Waals surface area contributed by atoms with Crippen LogP contribution in [0, 0.1) is 13.8 Å². The standard InChI is InChI=1S/C21H27N3O2S/c1-13-8-9-15(14(2)10-13)11-24(3)12-18(25)23-21-19(20(22)26)16-6-4-5-7-17(16)27-21/h8-10H,4-7,11-12H2,1-3H3,(H2,22,26)(H,23,25). The summed E-state index contributed by atoms with van der Waals surface area (Å²) in [5.74, 6) is -0.573. The second-order valence-corrected chi connectivity index (χ2v) is 8.53. The molecule has 0 atom stereocenters. The molecule has 1 aromatic heterocycles. The Morgan fingerprint density at radius 1 is 1.22 bits per heavy atom. The molecule has 0 fully saturated rings. The number of hydrogen-bond acceptors (Lipinski definition) is 4. The number of nitrogens with zero attached hydrogens (tertiary/aromatic N) is 1. The van der Waals surface area contributed by atoms with Gasteiger partial charge in [0.25, 0.3) is 5.91 Å². The van der Waals surface area contributed by atoms with Gasteiger partial charge < -0.3 is 11.1 Å². The van der Waals surface area contributed by atoms with Gasteiger partial charge in [0.15, 0.2) is 0 Å². The molecule has 0 unspecified atom stereocenters. The first kappa shape index (κ1) is 19.6. The molecular formula is C21H27N3O2S. The molecule has 0 bridgehead atoms. The fourth-order valence-electron chi connectivity index (χ4n) is 3.70. The number of primary amides is 1. The number of anilines is 1. The van der Waals surface area contributed by atoms with Gasteiger partial charge >= 0.3 is 0 Å². The monoisotopic (exact) mass is 385 g/mol. The molecule has 0 radical (unpaired) electrons. The summed E-state index contributed by atoms with van der Waals surface area (Å²) in [4.78, 5) is 27.6. The van der Waals surface area contributed by atoms with Crippen LogP contribution in [0.3, 0.4) is 0 Å². The smallest absolute Gasteiger partial charge is 0.251 e. The van der Waals surface area contributed by atoms with E-state index in [1.54, 1.807) is 0 Å². The Labute approximate surface area is 164 Å². The van der Waals surface area contributed by atoms with Crippen molar-refractivity contribution in [3.63, 3.8) is 0 Å². The molecule has 2 aromatic rings. The van der Waals surface area contributed by atoms with Crippen molar-refractivity contribution in [3.8, 4) is 0 Å². The van der Waals surface area contributed by atoms with Gasteiger partial charge in [-0.2, -0.15) is 0 Å². The average molecular weight is 386 g/mol. The first-order valence-corrected chi connectivity index (χ1v) is 10.2. The molecule has 1 aromatic carbocycles. The van der Waals surface area contributed by atoms with Crippen molar-refractivity contribution in [1.82, 2.24) is 4.90 Å². The number of likely N-dealkylation sites (N-methyl/N-ethyl adjacent to an activating group) is 1. The van der Waals surface area contributed by atoms with Crippen LogP contribution in [0.15, 0.2) is 18.2 Å². The zero-order chi connectivity index (χ0) is 19.6. The number of benzene rings is 1. The van der Waals surface area contributed by atoms with Crippen molar-refractivity contribution in [1.29, 1.82) is 0 Å². The maximum atomic E-state index is 12.5. The van der Waals surface area contributed by atoms with Crippen molar-refractivity contribution in [2.75, 3.05) is 18.9 Å². The van der Waals surface area contributed by atoms with Crippen LogP contribution < -0.4 is 11.1 Å². The zero-order valence-electron chi connectivity index (χ0n) is 16.2. The van der Waals surface area contributed by atoms with E-state index >= 15 is 0 Å². The summed E-state index contributed by atoms with van der Waals surface area (Å²) in [6.07, 6.45) is 4.02. The van der Waals surface area contributed by atoms with Crippen molar-refractivity contribution < 1.29 is 9.59 Å². The second-order valence-electron chi connectivity index (χ2n) is 7.43. The molecule has 6 heteroatoms. The van der Waals surface area contributed by atoms with E-state index in [0.29, 0.717) is 17.1 Å². The molecule has 3 rings (SSSR count). The molecule has 3 N–H and O–H groups in total. The van der Waals surface area contributed by atoms with Gasteiger partial charge in [-0.15, -0.1) is 11.3 Å². The quantitative estimate of drug-likeness (QED) is 0.800. The maximum Gasteiger partial charge on any atom is 0.251 e. The minimum absolute atomic E-state index is 0.122. The molecule has 0 aliphatic heterocycles. The van der Waals surface area contributed by atoms with Crippen molar-refractivity contribution in [2.45, 2.75) is 46.1 Å². The highest BCUT2D eigenvalue weighted by atomic mass is 32.1. The van der Waals surface area contributed by atoms with E-state index < -0.39 is 5.91 Å². The highest BCUT2D eigenvalue weighted by Crippen LogP contribution is 2.37.